The van der Waals surface area contributed by atoms with Crippen molar-refractivity contribution in [1.29, 1.82) is 0 Å². The minimum Gasteiger partial charge on any atom is -0.325 e. The van der Waals surface area contributed by atoms with Crippen LogP contribution in [0.2, 0.25) is 0 Å². The Hall–Kier alpha value is -0.940. The van der Waals surface area contributed by atoms with Gasteiger partial charge in [-0.15, -0.1) is 5.10 Å². The molecule has 1 aromatic heterocycles. The fourth-order valence-corrected chi connectivity index (χ4v) is 2.67. The van der Waals surface area contributed by atoms with Gasteiger partial charge in [-0.05, 0) is 38.6 Å². The van der Waals surface area contributed by atoms with Crippen LogP contribution in [0.3, 0.4) is 0 Å². The summed E-state index contributed by atoms with van der Waals surface area (Å²) in [5, 5.41) is 8.08. The van der Waals surface area contributed by atoms with Gasteiger partial charge in [0.25, 0.3) is 0 Å². The number of aromatic nitrogens is 3. The van der Waals surface area contributed by atoms with Gasteiger partial charge < -0.3 is 10.6 Å². The second-order valence-electron chi connectivity index (χ2n) is 5.57. The van der Waals surface area contributed by atoms with E-state index in [0.29, 0.717) is 6.54 Å². The Morgan fingerprint density at radius 2 is 2.11 bits per heavy atom. The number of nitrogens with two attached hydrogens (primary N) is 1. The second-order valence-corrected chi connectivity index (χ2v) is 5.57. The van der Waals surface area contributed by atoms with Crippen LogP contribution in [0.15, 0.2) is 6.20 Å². The predicted octanol–water partition coefficient (Wildman–Crippen LogP) is 1.25. The Balaban J connectivity index is 1.75. The molecule has 5 heteroatoms. The zero-order chi connectivity index (χ0) is 13.0. The molecule has 1 saturated carbocycles. The highest BCUT2D eigenvalue weighted by Gasteiger charge is 2.21. The fraction of sp³-hybridized carbons (Fsp3) is 0.846. The summed E-state index contributed by atoms with van der Waals surface area (Å²) in [5.41, 5.74) is 6.39. The van der Waals surface area contributed by atoms with E-state index in [9.17, 15) is 0 Å². The molecule has 1 fully saturated rings. The molecule has 5 nitrogen and oxygen atoms in total. The van der Waals surface area contributed by atoms with Gasteiger partial charge in [0.2, 0.25) is 0 Å². The van der Waals surface area contributed by atoms with Crippen molar-refractivity contribution in [3.63, 3.8) is 0 Å². The summed E-state index contributed by atoms with van der Waals surface area (Å²) in [6.07, 6.45) is 7.36. The molecule has 18 heavy (non-hydrogen) atoms. The summed E-state index contributed by atoms with van der Waals surface area (Å²) in [4.78, 5) is 2.47. The molecule has 0 spiro atoms. The molecule has 1 aromatic rings. The van der Waals surface area contributed by atoms with Crippen molar-refractivity contribution in [2.24, 2.45) is 11.7 Å². The second kappa shape index (κ2) is 6.29. The van der Waals surface area contributed by atoms with Crippen LogP contribution in [-0.4, -0.2) is 39.5 Å². The number of hydrogen-bond acceptors (Lipinski definition) is 4. The number of likely N-dealkylation sites (N-methyl/N-ethyl adjacent to an activating group) is 1. The quantitative estimate of drug-likeness (QED) is 0.855. The first-order chi connectivity index (χ1) is 8.69. The van der Waals surface area contributed by atoms with Crippen LogP contribution in [-0.2, 0) is 13.1 Å². The van der Waals surface area contributed by atoms with E-state index < -0.39 is 0 Å². The van der Waals surface area contributed by atoms with Crippen molar-refractivity contribution >= 4 is 0 Å². The highest BCUT2D eigenvalue weighted by atomic mass is 15.4. The minimum absolute atomic E-state index is 0.469. The predicted molar refractivity (Wildman–Crippen MR) is 72.0 cm³/mol. The standard InChI is InChI=1S/C13H25N5/c1-11-3-5-13(6-4-11)17(2)7-8-18-10-12(9-14)15-16-18/h10-11,13H,3-9,14H2,1-2H3. The lowest BCUT2D eigenvalue weighted by Gasteiger charge is -2.33. The van der Waals surface area contributed by atoms with Crippen LogP contribution in [0.1, 0.15) is 38.3 Å². The van der Waals surface area contributed by atoms with Crippen LogP contribution in [0.5, 0.6) is 0 Å². The first-order valence-corrected chi connectivity index (χ1v) is 6.98. The van der Waals surface area contributed by atoms with Crippen LogP contribution in [0, 0.1) is 5.92 Å². The lowest BCUT2D eigenvalue weighted by atomic mass is 9.87. The summed E-state index contributed by atoms with van der Waals surface area (Å²) < 4.78 is 1.89. The summed E-state index contributed by atoms with van der Waals surface area (Å²) in [6.45, 7) is 4.76. The average molecular weight is 251 g/mol. The molecule has 2 rings (SSSR count). The highest BCUT2D eigenvalue weighted by molar-refractivity contribution is 4.90. The van der Waals surface area contributed by atoms with Crippen LogP contribution in [0.25, 0.3) is 0 Å². The largest absolute Gasteiger partial charge is 0.325 e. The fourth-order valence-electron chi connectivity index (χ4n) is 2.67. The van der Waals surface area contributed by atoms with E-state index in [4.69, 9.17) is 5.73 Å². The van der Waals surface area contributed by atoms with E-state index in [1.807, 2.05) is 10.9 Å². The van der Waals surface area contributed by atoms with Crippen molar-refractivity contribution in [3.8, 4) is 0 Å². The molecule has 1 aliphatic carbocycles. The third-order valence-electron chi connectivity index (χ3n) is 4.09. The maximum atomic E-state index is 5.52. The van der Waals surface area contributed by atoms with Gasteiger partial charge in [0.1, 0.15) is 0 Å². The first-order valence-electron chi connectivity index (χ1n) is 6.98. The van der Waals surface area contributed by atoms with Gasteiger partial charge in [0.05, 0.1) is 12.2 Å². The van der Waals surface area contributed by atoms with E-state index in [2.05, 4.69) is 29.2 Å². The molecule has 1 aliphatic rings. The third kappa shape index (κ3) is 3.53. The zero-order valence-electron chi connectivity index (χ0n) is 11.5. The molecule has 2 N–H and O–H groups in total. The highest BCUT2D eigenvalue weighted by Crippen LogP contribution is 2.26. The zero-order valence-corrected chi connectivity index (χ0v) is 11.5. The lowest BCUT2D eigenvalue weighted by molar-refractivity contribution is 0.163. The molecule has 0 radical (unpaired) electrons. The van der Waals surface area contributed by atoms with Crippen molar-refractivity contribution in [2.75, 3.05) is 13.6 Å². The van der Waals surface area contributed by atoms with Crippen LogP contribution in [0.4, 0.5) is 0 Å². The average Bonchev–Trinajstić information content (AvgIpc) is 2.85. The Labute approximate surface area is 109 Å². The Morgan fingerprint density at radius 3 is 2.72 bits per heavy atom. The van der Waals surface area contributed by atoms with Crippen molar-refractivity contribution in [1.82, 2.24) is 19.9 Å². The SMILES string of the molecule is CC1CCC(N(C)CCn2cc(CN)nn2)CC1. The van der Waals surface area contributed by atoms with Gasteiger partial charge in [-0.2, -0.15) is 0 Å². The molecule has 0 bridgehead atoms. The van der Waals surface area contributed by atoms with Crippen molar-refractivity contribution in [2.45, 2.75) is 51.7 Å². The molecular formula is C13H25N5. The minimum atomic E-state index is 0.469. The Morgan fingerprint density at radius 1 is 1.39 bits per heavy atom. The lowest BCUT2D eigenvalue weighted by Crippen LogP contribution is -2.36. The number of rotatable bonds is 5. The summed E-state index contributed by atoms with van der Waals surface area (Å²) in [7, 11) is 2.22. The van der Waals surface area contributed by atoms with E-state index in [-0.39, 0.29) is 0 Å². The number of nitrogens with zero attached hydrogens (tertiary/aromatic N) is 4. The van der Waals surface area contributed by atoms with Crippen molar-refractivity contribution in [3.05, 3.63) is 11.9 Å². The van der Waals surface area contributed by atoms with Crippen LogP contribution >= 0.6 is 0 Å². The smallest absolute Gasteiger partial charge is 0.0962 e. The van der Waals surface area contributed by atoms with Gasteiger partial charge in [0, 0.05) is 25.3 Å². The summed E-state index contributed by atoms with van der Waals surface area (Å²) in [6, 6.07) is 0.749. The normalized spacial score (nSPS) is 24.7. The third-order valence-corrected chi connectivity index (χ3v) is 4.09. The Bertz CT molecular complexity index is 354. The van der Waals surface area contributed by atoms with E-state index in [1.165, 1.54) is 25.7 Å². The Kier molecular flexibility index (Phi) is 4.72. The van der Waals surface area contributed by atoms with E-state index in [1.54, 1.807) is 0 Å². The van der Waals surface area contributed by atoms with Gasteiger partial charge in [-0.25, -0.2) is 0 Å². The molecule has 1 heterocycles. The molecule has 0 atom stereocenters. The molecule has 102 valence electrons. The van der Waals surface area contributed by atoms with E-state index >= 15 is 0 Å². The van der Waals surface area contributed by atoms with Crippen molar-refractivity contribution < 1.29 is 0 Å². The monoisotopic (exact) mass is 251 g/mol. The topological polar surface area (TPSA) is 60.0 Å². The van der Waals surface area contributed by atoms with Crippen LogP contribution < -0.4 is 5.73 Å². The molecule has 0 amide bonds. The summed E-state index contributed by atoms with van der Waals surface area (Å²) in [5.74, 6) is 0.914. The molecular weight excluding hydrogens is 226 g/mol. The molecule has 0 unspecified atom stereocenters. The first kappa shape index (κ1) is 13.5. The van der Waals surface area contributed by atoms with Gasteiger partial charge in [0.15, 0.2) is 0 Å². The number of hydrogen-bond donors (Lipinski definition) is 1. The molecule has 0 aliphatic heterocycles. The van der Waals surface area contributed by atoms with Gasteiger partial charge >= 0.3 is 0 Å². The molecule has 0 aromatic carbocycles. The van der Waals surface area contributed by atoms with Gasteiger partial charge in [-0.3, -0.25) is 4.68 Å². The maximum absolute atomic E-state index is 5.52. The maximum Gasteiger partial charge on any atom is 0.0962 e. The van der Waals surface area contributed by atoms with E-state index in [0.717, 1.165) is 30.7 Å². The summed E-state index contributed by atoms with van der Waals surface area (Å²) >= 11 is 0. The van der Waals surface area contributed by atoms with Gasteiger partial charge in [-0.1, -0.05) is 12.1 Å². The molecule has 0 saturated heterocycles.